The van der Waals surface area contributed by atoms with Crippen LogP contribution in [-0.4, -0.2) is 29.8 Å². The Kier molecular flexibility index (Phi) is 3.13. The average molecular weight is 259 g/mol. The summed E-state index contributed by atoms with van der Waals surface area (Å²) in [6, 6.07) is 5.94. The van der Waals surface area contributed by atoms with Crippen molar-refractivity contribution in [3.8, 4) is 22.9 Å². The van der Waals surface area contributed by atoms with Gasteiger partial charge in [-0.25, -0.2) is 4.98 Å². The number of aromatic nitrogens is 2. The smallest absolute Gasteiger partial charge is 0.162 e. The predicted molar refractivity (Wildman–Crippen MR) is 72.4 cm³/mol. The quantitative estimate of drug-likeness (QED) is 0.909. The normalized spacial score (nSPS) is 13.6. The number of nitrogens with one attached hydrogen (secondary N) is 1. The van der Waals surface area contributed by atoms with Crippen molar-refractivity contribution in [3.63, 3.8) is 0 Å². The maximum atomic E-state index is 5.61. The Bertz CT molecular complexity index is 592. The first-order chi connectivity index (χ1) is 9.29. The molecule has 1 aliphatic rings. The van der Waals surface area contributed by atoms with Crippen LogP contribution in [0, 0.1) is 0 Å². The molecule has 5 heteroatoms. The zero-order chi connectivity index (χ0) is 13.2. The minimum absolute atomic E-state index is 0.599. The largest absolute Gasteiger partial charge is 0.486 e. The molecule has 5 nitrogen and oxygen atoms in total. The number of ether oxygens (including phenoxy) is 2. The first-order valence-corrected chi connectivity index (χ1v) is 6.35. The minimum Gasteiger partial charge on any atom is -0.486 e. The fourth-order valence-electron chi connectivity index (χ4n) is 2.24. The Morgan fingerprint density at radius 2 is 2.05 bits per heavy atom. The molecule has 19 heavy (non-hydrogen) atoms. The summed E-state index contributed by atoms with van der Waals surface area (Å²) in [6.45, 7) is 2.01. The molecule has 3 rings (SSSR count). The van der Waals surface area contributed by atoms with Crippen LogP contribution in [0.1, 0.15) is 5.69 Å². The summed E-state index contributed by atoms with van der Waals surface area (Å²) in [5, 5.41) is 3.13. The van der Waals surface area contributed by atoms with Crippen LogP contribution < -0.4 is 14.8 Å². The van der Waals surface area contributed by atoms with Crippen molar-refractivity contribution in [1.29, 1.82) is 0 Å². The fraction of sp³-hybridized carbons (Fsp3) is 0.357. The van der Waals surface area contributed by atoms with Gasteiger partial charge in [0.05, 0.1) is 11.9 Å². The molecule has 0 spiro atoms. The van der Waals surface area contributed by atoms with Crippen LogP contribution in [0.2, 0.25) is 0 Å². The molecule has 0 unspecified atom stereocenters. The molecule has 0 aliphatic carbocycles. The standard InChI is InChI=1S/C14H17N3O2/c1-15-8-11-9-16-14(17(11)2)10-3-4-12-13(7-10)19-6-5-18-12/h3-4,7,9,15H,5-6,8H2,1-2H3. The lowest BCUT2D eigenvalue weighted by Gasteiger charge is -2.18. The molecule has 0 atom stereocenters. The van der Waals surface area contributed by atoms with E-state index >= 15 is 0 Å². The van der Waals surface area contributed by atoms with Gasteiger partial charge in [0.1, 0.15) is 19.0 Å². The van der Waals surface area contributed by atoms with Crippen LogP contribution in [0.5, 0.6) is 11.5 Å². The summed E-state index contributed by atoms with van der Waals surface area (Å²) in [6.07, 6.45) is 1.89. The Hall–Kier alpha value is -2.01. The van der Waals surface area contributed by atoms with Crippen LogP contribution in [0.3, 0.4) is 0 Å². The van der Waals surface area contributed by atoms with Crippen LogP contribution in [0.25, 0.3) is 11.4 Å². The molecule has 1 N–H and O–H groups in total. The number of imidazole rings is 1. The van der Waals surface area contributed by atoms with E-state index in [1.807, 2.05) is 38.5 Å². The molecule has 2 heterocycles. The summed E-state index contributed by atoms with van der Waals surface area (Å²) in [5.41, 5.74) is 2.18. The average Bonchev–Trinajstić information content (AvgIpc) is 2.80. The van der Waals surface area contributed by atoms with Gasteiger partial charge in [-0.3, -0.25) is 0 Å². The predicted octanol–water partition coefficient (Wildman–Crippen LogP) is 1.58. The molecule has 0 amide bonds. The molecule has 100 valence electrons. The second-order valence-electron chi connectivity index (χ2n) is 4.52. The van der Waals surface area contributed by atoms with Crippen LogP contribution in [0.4, 0.5) is 0 Å². The summed E-state index contributed by atoms with van der Waals surface area (Å²) in [7, 11) is 3.95. The Morgan fingerprint density at radius 3 is 2.84 bits per heavy atom. The lowest BCUT2D eigenvalue weighted by Crippen LogP contribution is -2.15. The molecule has 0 saturated carbocycles. The highest BCUT2D eigenvalue weighted by atomic mass is 16.6. The third-order valence-electron chi connectivity index (χ3n) is 3.24. The van der Waals surface area contributed by atoms with Crippen molar-refractivity contribution < 1.29 is 9.47 Å². The van der Waals surface area contributed by atoms with Gasteiger partial charge >= 0.3 is 0 Å². The van der Waals surface area contributed by atoms with Gasteiger partial charge in [-0.1, -0.05) is 0 Å². The van der Waals surface area contributed by atoms with Gasteiger partial charge in [0, 0.05) is 19.2 Å². The van der Waals surface area contributed by atoms with E-state index in [0.717, 1.165) is 35.1 Å². The van der Waals surface area contributed by atoms with Crippen LogP contribution in [-0.2, 0) is 13.6 Å². The van der Waals surface area contributed by atoms with E-state index in [-0.39, 0.29) is 0 Å². The monoisotopic (exact) mass is 259 g/mol. The van der Waals surface area contributed by atoms with Gasteiger partial charge in [-0.15, -0.1) is 0 Å². The van der Waals surface area contributed by atoms with Crippen LogP contribution >= 0.6 is 0 Å². The van der Waals surface area contributed by atoms with Crippen molar-refractivity contribution >= 4 is 0 Å². The zero-order valence-electron chi connectivity index (χ0n) is 11.1. The van der Waals surface area contributed by atoms with Crippen molar-refractivity contribution in [3.05, 3.63) is 30.1 Å². The molecular formula is C14H17N3O2. The van der Waals surface area contributed by atoms with Crippen molar-refractivity contribution in [2.75, 3.05) is 20.3 Å². The maximum absolute atomic E-state index is 5.61. The van der Waals surface area contributed by atoms with E-state index in [9.17, 15) is 0 Å². The second kappa shape index (κ2) is 4.93. The van der Waals surface area contributed by atoms with E-state index in [1.54, 1.807) is 0 Å². The molecule has 0 bridgehead atoms. The SMILES string of the molecule is CNCc1cnc(-c2ccc3c(c2)OCCO3)n1C. The van der Waals surface area contributed by atoms with Crippen molar-refractivity contribution in [2.24, 2.45) is 7.05 Å². The summed E-state index contributed by atoms with van der Waals surface area (Å²) in [4.78, 5) is 4.48. The van der Waals surface area contributed by atoms with Gasteiger partial charge < -0.3 is 19.4 Å². The first-order valence-electron chi connectivity index (χ1n) is 6.35. The maximum Gasteiger partial charge on any atom is 0.162 e. The number of fused-ring (bicyclic) bond motifs is 1. The number of hydrogen-bond donors (Lipinski definition) is 1. The molecule has 1 aliphatic heterocycles. The first kappa shape index (κ1) is 12.0. The number of rotatable bonds is 3. The zero-order valence-corrected chi connectivity index (χ0v) is 11.1. The van der Waals surface area contributed by atoms with Crippen molar-refractivity contribution in [2.45, 2.75) is 6.54 Å². The molecule has 0 saturated heterocycles. The van der Waals surface area contributed by atoms with E-state index in [4.69, 9.17) is 9.47 Å². The lowest BCUT2D eigenvalue weighted by molar-refractivity contribution is 0.171. The van der Waals surface area contributed by atoms with E-state index < -0.39 is 0 Å². The van der Waals surface area contributed by atoms with Gasteiger partial charge in [0.15, 0.2) is 11.5 Å². The topological polar surface area (TPSA) is 48.3 Å². The molecule has 1 aromatic heterocycles. The van der Waals surface area contributed by atoms with Gasteiger partial charge in [-0.05, 0) is 25.2 Å². The Labute approximate surface area is 112 Å². The Morgan fingerprint density at radius 1 is 1.26 bits per heavy atom. The minimum atomic E-state index is 0.599. The highest BCUT2D eigenvalue weighted by molar-refractivity contribution is 5.62. The number of hydrogen-bond acceptors (Lipinski definition) is 4. The summed E-state index contributed by atoms with van der Waals surface area (Å²) < 4.78 is 13.2. The van der Waals surface area contributed by atoms with Gasteiger partial charge in [0.2, 0.25) is 0 Å². The van der Waals surface area contributed by atoms with Gasteiger partial charge in [-0.2, -0.15) is 0 Å². The third kappa shape index (κ3) is 2.17. The molecule has 2 aromatic rings. The second-order valence-corrected chi connectivity index (χ2v) is 4.52. The molecule has 0 radical (unpaired) electrons. The lowest BCUT2D eigenvalue weighted by atomic mass is 10.2. The molecular weight excluding hydrogens is 242 g/mol. The Balaban J connectivity index is 1.98. The molecule has 1 aromatic carbocycles. The summed E-state index contributed by atoms with van der Waals surface area (Å²) in [5.74, 6) is 2.53. The summed E-state index contributed by atoms with van der Waals surface area (Å²) >= 11 is 0. The van der Waals surface area contributed by atoms with E-state index in [1.165, 1.54) is 0 Å². The highest BCUT2D eigenvalue weighted by Gasteiger charge is 2.15. The van der Waals surface area contributed by atoms with Crippen molar-refractivity contribution in [1.82, 2.24) is 14.9 Å². The molecule has 0 fully saturated rings. The van der Waals surface area contributed by atoms with Crippen LogP contribution in [0.15, 0.2) is 24.4 Å². The van der Waals surface area contributed by atoms with E-state index in [2.05, 4.69) is 14.9 Å². The van der Waals surface area contributed by atoms with Gasteiger partial charge in [0.25, 0.3) is 0 Å². The number of benzene rings is 1. The number of nitrogens with zero attached hydrogens (tertiary/aromatic N) is 2. The third-order valence-corrected chi connectivity index (χ3v) is 3.24. The highest BCUT2D eigenvalue weighted by Crippen LogP contribution is 2.34. The van der Waals surface area contributed by atoms with E-state index in [0.29, 0.717) is 13.2 Å². The fourth-order valence-corrected chi connectivity index (χ4v) is 2.24.